The second-order valence-corrected chi connectivity index (χ2v) is 2.76. The van der Waals surface area contributed by atoms with Crippen LogP contribution >= 0.6 is 0 Å². The minimum atomic E-state index is -1.17. The third-order valence-electron chi connectivity index (χ3n) is 1.90. The maximum absolute atomic E-state index is 10.6. The number of hydrogen-bond donors (Lipinski definition) is 1. The predicted molar refractivity (Wildman–Crippen MR) is 40.4 cm³/mol. The molecule has 7 heteroatoms. The minimum Gasteiger partial charge on any atom is -0.465 e. The second-order valence-electron chi connectivity index (χ2n) is 2.76. The van der Waals surface area contributed by atoms with Gasteiger partial charge in [0, 0.05) is 6.54 Å². The van der Waals surface area contributed by atoms with E-state index in [1.165, 1.54) is 0 Å². The number of likely N-dealkylation sites (tertiary alicyclic amines) is 1. The highest BCUT2D eigenvalue weighted by atomic mass is 17.0. The molecule has 0 spiro atoms. The summed E-state index contributed by atoms with van der Waals surface area (Å²) in [5.74, 6) is 0. The fraction of sp³-hybridized carbons (Fsp3) is 0.833. The van der Waals surface area contributed by atoms with Gasteiger partial charge in [0.25, 0.3) is 5.09 Å². The Hall–Kier alpha value is -1.53. The van der Waals surface area contributed by atoms with E-state index in [0.29, 0.717) is 13.0 Å². The zero-order chi connectivity index (χ0) is 9.84. The Balaban J connectivity index is 2.56. The van der Waals surface area contributed by atoms with Crippen LogP contribution in [0.2, 0.25) is 0 Å². The van der Waals surface area contributed by atoms with Gasteiger partial charge in [-0.15, -0.1) is 10.1 Å². The summed E-state index contributed by atoms with van der Waals surface area (Å²) in [7, 11) is 0. The van der Waals surface area contributed by atoms with Crippen molar-refractivity contribution >= 4 is 6.09 Å². The van der Waals surface area contributed by atoms with Crippen LogP contribution in [0, 0.1) is 10.1 Å². The first-order chi connectivity index (χ1) is 6.11. The van der Waals surface area contributed by atoms with Crippen LogP contribution in [0.1, 0.15) is 19.3 Å². The van der Waals surface area contributed by atoms with Gasteiger partial charge in [-0.25, -0.2) is 4.79 Å². The average Bonchev–Trinajstić information content (AvgIpc) is 2.03. The van der Waals surface area contributed by atoms with Crippen molar-refractivity contribution in [2.24, 2.45) is 0 Å². The highest BCUT2D eigenvalue weighted by Gasteiger charge is 2.28. The number of nitrogens with zero attached hydrogens (tertiary/aromatic N) is 2. The molecule has 1 amide bonds. The van der Waals surface area contributed by atoms with E-state index in [2.05, 4.69) is 4.84 Å². The number of amides is 1. The van der Waals surface area contributed by atoms with Crippen LogP contribution in [0.15, 0.2) is 0 Å². The normalized spacial score (nSPS) is 22.5. The Kier molecular flexibility index (Phi) is 2.88. The van der Waals surface area contributed by atoms with Gasteiger partial charge in [0.2, 0.25) is 0 Å². The molecule has 1 rings (SSSR count). The highest BCUT2D eigenvalue weighted by molar-refractivity contribution is 5.65. The maximum atomic E-state index is 10.6. The average molecular weight is 190 g/mol. The fourth-order valence-corrected chi connectivity index (χ4v) is 1.33. The molecule has 0 saturated carbocycles. The van der Waals surface area contributed by atoms with Gasteiger partial charge in [-0.3, -0.25) is 9.74 Å². The zero-order valence-electron chi connectivity index (χ0n) is 6.88. The molecular formula is C6H10N2O5. The Morgan fingerprint density at radius 3 is 2.85 bits per heavy atom. The first-order valence-electron chi connectivity index (χ1n) is 3.92. The lowest BCUT2D eigenvalue weighted by atomic mass is 10.1. The van der Waals surface area contributed by atoms with E-state index < -0.39 is 17.4 Å². The van der Waals surface area contributed by atoms with Gasteiger partial charge in [-0.1, -0.05) is 0 Å². The van der Waals surface area contributed by atoms with Crippen LogP contribution in [0.4, 0.5) is 4.79 Å². The van der Waals surface area contributed by atoms with Crippen LogP contribution in [-0.4, -0.2) is 34.0 Å². The van der Waals surface area contributed by atoms with Gasteiger partial charge in [0.1, 0.15) is 0 Å². The first-order valence-corrected chi connectivity index (χ1v) is 3.92. The fourth-order valence-electron chi connectivity index (χ4n) is 1.33. The molecule has 1 unspecified atom stereocenters. The van der Waals surface area contributed by atoms with Crippen molar-refractivity contribution in [2.75, 3.05) is 6.54 Å². The summed E-state index contributed by atoms with van der Waals surface area (Å²) in [5, 5.41) is 17.7. The summed E-state index contributed by atoms with van der Waals surface area (Å²) in [6.45, 7) is 0.299. The van der Waals surface area contributed by atoms with E-state index in [4.69, 9.17) is 5.11 Å². The largest absolute Gasteiger partial charge is 0.465 e. The number of carboxylic acid groups (broad SMARTS) is 1. The molecule has 1 aliphatic rings. The number of piperidine rings is 1. The third kappa shape index (κ3) is 2.46. The van der Waals surface area contributed by atoms with Crippen molar-refractivity contribution in [2.45, 2.75) is 25.5 Å². The molecule has 1 fully saturated rings. The zero-order valence-corrected chi connectivity index (χ0v) is 6.88. The summed E-state index contributed by atoms with van der Waals surface area (Å²) in [4.78, 5) is 25.8. The van der Waals surface area contributed by atoms with Gasteiger partial charge in [-0.05, 0) is 19.3 Å². The van der Waals surface area contributed by atoms with Crippen LogP contribution < -0.4 is 0 Å². The number of rotatable bonds is 2. The molecule has 1 N–H and O–H groups in total. The Labute approximate surface area is 74.0 Å². The van der Waals surface area contributed by atoms with Crippen LogP contribution in [0.5, 0.6) is 0 Å². The van der Waals surface area contributed by atoms with E-state index in [1.807, 2.05) is 0 Å². The Morgan fingerprint density at radius 1 is 1.62 bits per heavy atom. The second kappa shape index (κ2) is 3.92. The quantitative estimate of drug-likeness (QED) is 0.510. The van der Waals surface area contributed by atoms with E-state index in [9.17, 15) is 14.9 Å². The lowest BCUT2D eigenvalue weighted by Crippen LogP contribution is -2.45. The molecule has 0 aromatic rings. The first kappa shape index (κ1) is 9.56. The summed E-state index contributed by atoms with van der Waals surface area (Å²) in [6, 6.07) is 0. The maximum Gasteiger partial charge on any atom is 0.409 e. The molecular weight excluding hydrogens is 180 g/mol. The predicted octanol–water partition coefficient (Wildman–Crippen LogP) is 0.685. The Morgan fingerprint density at radius 2 is 2.31 bits per heavy atom. The van der Waals surface area contributed by atoms with Crippen molar-refractivity contribution in [3.8, 4) is 0 Å². The molecule has 1 saturated heterocycles. The Bertz CT molecular complexity index is 219. The van der Waals surface area contributed by atoms with E-state index in [-0.39, 0.29) is 0 Å². The van der Waals surface area contributed by atoms with E-state index in [0.717, 1.165) is 17.7 Å². The summed E-state index contributed by atoms with van der Waals surface area (Å²) in [5.41, 5.74) is 0. The third-order valence-corrected chi connectivity index (χ3v) is 1.90. The minimum absolute atomic E-state index is 0.299. The van der Waals surface area contributed by atoms with Crippen LogP contribution in [-0.2, 0) is 4.84 Å². The van der Waals surface area contributed by atoms with Gasteiger partial charge < -0.3 is 5.11 Å². The lowest BCUT2D eigenvalue weighted by Gasteiger charge is -2.31. The van der Waals surface area contributed by atoms with Gasteiger partial charge in [0.15, 0.2) is 6.23 Å². The molecule has 0 radical (unpaired) electrons. The molecule has 0 bridgehead atoms. The number of hydrogen-bond acceptors (Lipinski definition) is 4. The summed E-state index contributed by atoms with van der Waals surface area (Å²) >= 11 is 0. The monoisotopic (exact) mass is 190 g/mol. The van der Waals surface area contributed by atoms with Crippen LogP contribution in [0.25, 0.3) is 0 Å². The molecule has 7 nitrogen and oxygen atoms in total. The summed E-state index contributed by atoms with van der Waals surface area (Å²) in [6.07, 6.45) is -0.243. The van der Waals surface area contributed by atoms with Crippen molar-refractivity contribution in [1.82, 2.24) is 4.90 Å². The molecule has 1 aliphatic heterocycles. The van der Waals surface area contributed by atoms with E-state index in [1.54, 1.807) is 0 Å². The molecule has 1 atom stereocenters. The lowest BCUT2D eigenvalue weighted by molar-refractivity contribution is -0.774. The summed E-state index contributed by atoms with van der Waals surface area (Å²) < 4.78 is 0. The van der Waals surface area contributed by atoms with Gasteiger partial charge in [-0.2, -0.15) is 0 Å². The molecule has 1 heterocycles. The molecule has 0 aromatic carbocycles. The van der Waals surface area contributed by atoms with Crippen molar-refractivity contribution in [3.05, 3.63) is 10.1 Å². The van der Waals surface area contributed by atoms with Crippen LogP contribution in [0.3, 0.4) is 0 Å². The molecule has 13 heavy (non-hydrogen) atoms. The molecule has 0 aromatic heterocycles. The molecule has 0 aliphatic carbocycles. The van der Waals surface area contributed by atoms with Gasteiger partial charge >= 0.3 is 6.09 Å². The topological polar surface area (TPSA) is 92.9 Å². The van der Waals surface area contributed by atoms with E-state index >= 15 is 0 Å². The van der Waals surface area contributed by atoms with Crippen molar-refractivity contribution in [1.29, 1.82) is 0 Å². The SMILES string of the molecule is O=C(O)N1CCCCC1O[N+](=O)[O-]. The number of carbonyl (C=O) groups is 1. The van der Waals surface area contributed by atoms with Crippen molar-refractivity contribution in [3.63, 3.8) is 0 Å². The van der Waals surface area contributed by atoms with Crippen molar-refractivity contribution < 1.29 is 19.8 Å². The smallest absolute Gasteiger partial charge is 0.409 e. The standard InChI is InChI=1S/C6H10N2O5/c9-6(10)7-4-2-1-3-5(7)13-8(11)12/h5H,1-4H2,(H,9,10). The highest BCUT2D eigenvalue weighted by Crippen LogP contribution is 2.17. The molecule has 74 valence electrons. The van der Waals surface area contributed by atoms with Gasteiger partial charge in [0.05, 0.1) is 0 Å².